The van der Waals surface area contributed by atoms with Crippen LogP contribution in [-0.4, -0.2) is 51.4 Å². The lowest BCUT2D eigenvalue weighted by atomic mass is 9.99. The third kappa shape index (κ3) is 6.29. The van der Waals surface area contributed by atoms with Gasteiger partial charge >= 0.3 is 0 Å². The minimum absolute atomic E-state index is 0.0933. The zero-order valence-corrected chi connectivity index (χ0v) is 18.7. The van der Waals surface area contributed by atoms with E-state index in [-0.39, 0.29) is 18.9 Å². The van der Waals surface area contributed by atoms with Crippen LogP contribution in [0.2, 0.25) is 0 Å². The topological polar surface area (TPSA) is 78.5 Å². The molecule has 7 heteroatoms. The molecule has 1 amide bonds. The van der Waals surface area contributed by atoms with Gasteiger partial charge in [0.25, 0.3) is 0 Å². The van der Waals surface area contributed by atoms with E-state index in [1.165, 1.54) is 12.8 Å². The lowest BCUT2D eigenvalue weighted by Gasteiger charge is -2.35. The maximum atomic E-state index is 12.6. The SMILES string of the molecule is Cc1cc(C)c(S(=O)(=O)NCCC(=O)NCC(C)N2CCCC(C)C2)c(C)c1. The summed E-state index contributed by atoms with van der Waals surface area (Å²) in [4.78, 5) is 14.9. The number of carbonyl (C=O) groups is 1. The second-order valence-corrected chi connectivity index (χ2v) is 9.97. The summed E-state index contributed by atoms with van der Waals surface area (Å²) in [6.07, 6.45) is 2.61. The number of nitrogens with zero attached hydrogens (tertiary/aromatic N) is 1. The number of likely N-dealkylation sites (tertiary alicyclic amines) is 1. The van der Waals surface area contributed by atoms with E-state index >= 15 is 0 Å². The van der Waals surface area contributed by atoms with E-state index in [1.807, 2.05) is 19.1 Å². The highest BCUT2D eigenvalue weighted by atomic mass is 32.2. The second-order valence-electron chi connectivity index (χ2n) is 8.27. The largest absolute Gasteiger partial charge is 0.355 e. The molecule has 2 rings (SSSR count). The second kappa shape index (κ2) is 9.85. The highest BCUT2D eigenvalue weighted by Crippen LogP contribution is 2.21. The van der Waals surface area contributed by atoms with Crippen molar-refractivity contribution in [3.63, 3.8) is 0 Å². The molecule has 6 nitrogen and oxygen atoms in total. The highest BCUT2D eigenvalue weighted by Gasteiger charge is 2.22. The molecule has 1 aliphatic heterocycles. The standard InChI is InChI=1S/C21H35N3O3S/c1-15-7-6-10-24(14-15)19(5)13-22-20(25)8-9-23-28(26,27)21-17(3)11-16(2)12-18(21)4/h11-12,15,19,23H,6-10,13-14H2,1-5H3,(H,22,25). The summed E-state index contributed by atoms with van der Waals surface area (Å²) in [5, 5.41) is 2.94. The van der Waals surface area contributed by atoms with Crippen molar-refractivity contribution in [1.82, 2.24) is 14.9 Å². The zero-order chi connectivity index (χ0) is 20.9. The molecule has 1 heterocycles. The predicted molar refractivity (Wildman–Crippen MR) is 113 cm³/mol. The fraction of sp³-hybridized carbons (Fsp3) is 0.667. The quantitative estimate of drug-likeness (QED) is 0.692. The normalized spacial score (nSPS) is 19.4. The van der Waals surface area contributed by atoms with Crippen LogP contribution in [0.4, 0.5) is 0 Å². The van der Waals surface area contributed by atoms with Crippen molar-refractivity contribution in [1.29, 1.82) is 0 Å². The van der Waals surface area contributed by atoms with E-state index < -0.39 is 10.0 Å². The van der Waals surface area contributed by atoms with Crippen LogP contribution in [0.15, 0.2) is 17.0 Å². The van der Waals surface area contributed by atoms with Crippen LogP contribution in [-0.2, 0) is 14.8 Å². The Hall–Kier alpha value is -1.44. The molecule has 1 aliphatic rings. The van der Waals surface area contributed by atoms with Crippen molar-refractivity contribution in [2.24, 2.45) is 5.92 Å². The number of nitrogens with one attached hydrogen (secondary N) is 2. The fourth-order valence-corrected chi connectivity index (χ4v) is 5.55. The third-order valence-corrected chi connectivity index (χ3v) is 7.19. The van der Waals surface area contributed by atoms with Crippen LogP contribution < -0.4 is 10.0 Å². The van der Waals surface area contributed by atoms with E-state index in [1.54, 1.807) is 13.8 Å². The number of benzene rings is 1. The molecule has 2 N–H and O–H groups in total. The number of carbonyl (C=O) groups excluding carboxylic acids is 1. The van der Waals surface area contributed by atoms with Crippen LogP contribution in [0.5, 0.6) is 0 Å². The Morgan fingerprint density at radius 3 is 2.50 bits per heavy atom. The monoisotopic (exact) mass is 409 g/mol. The summed E-state index contributed by atoms with van der Waals surface area (Å²) in [5.41, 5.74) is 2.48. The summed E-state index contributed by atoms with van der Waals surface area (Å²) >= 11 is 0. The van der Waals surface area contributed by atoms with E-state index in [2.05, 4.69) is 28.8 Å². The number of hydrogen-bond acceptors (Lipinski definition) is 4. The first-order valence-electron chi connectivity index (χ1n) is 10.2. The molecule has 1 aromatic rings. The van der Waals surface area contributed by atoms with Gasteiger partial charge in [-0.3, -0.25) is 9.69 Å². The van der Waals surface area contributed by atoms with Crippen molar-refractivity contribution in [2.75, 3.05) is 26.2 Å². The summed E-state index contributed by atoms with van der Waals surface area (Å²) in [6, 6.07) is 4.01. The maximum absolute atomic E-state index is 12.6. The first-order chi connectivity index (χ1) is 13.1. The van der Waals surface area contributed by atoms with Crippen LogP contribution in [0, 0.1) is 26.7 Å². The number of amides is 1. The van der Waals surface area contributed by atoms with E-state index in [9.17, 15) is 13.2 Å². The molecule has 1 saturated heterocycles. The smallest absolute Gasteiger partial charge is 0.241 e. The summed E-state index contributed by atoms with van der Waals surface area (Å²) < 4.78 is 27.8. The average molecular weight is 410 g/mol. The number of sulfonamides is 1. The van der Waals surface area contributed by atoms with Crippen LogP contribution in [0.1, 0.15) is 49.8 Å². The Morgan fingerprint density at radius 2 is 1.89 bits per heavy atom. The lowest BCUT2D eigenvalue weighted by molar-refractivity contribution is -0.121. The van der Waals surface area contributed by atoms with Gasteiger partial charge < -0.3 is 5.32 Å². The van der Waals surface area contributed by atoms with Gasteiger partial charge in [-0.05, 0) is 64.1 Å². The molecular weight excluding hydrogens is 374 g/mol. The summed E-state index contributed by atoms with van der Waals surface area (Å²) in [6.45, 7) is 12.8. The molecule has 2 unspecified atom stereocenters. The van der Waals surface area contributed by atoms with Gasteiger partial charge in [0.2, 0.25) is 15.9 Å². The van der Waals surface area contributed by atoms with Crippen molar-refractivity contribution < 1.29 is 13.2 Å². The maximum Gasteiger partial charge on any atom is 0.241 e. The van der Waals surface area contributed by atoms with Crippen molar-refractivity contribution in [2.45, 2.75) is 64.8 Å². The molecular formula is C21H35N3O3S. The molecule has 1 aromatic carbocycles. The molecule has 2 atom stereocenters. The minimum atomic E-state index is -3.63. The Balaban J connectivity index is 1.80. The Bertz CT molecular complexity index is 769. The van der Waals surface area contributed by atoms with Crippen molar-refractivity contribution >= 4 is 15.9 Å². The first kappa shape index (κ1) is 22.8. The van der Waals surface area contributed by atoms with Crippen LogP contribution in [0.3, 0.4) is 0 Å². The lowest BCUT2D eigenvalue weighted by Crippen LogP contribution is -2.46. The molecule has 0 radical (unpaired) electrons. The molecule has 158 valence electrons. The van der Waals surface area contributed by atoms with Crippen LogP contribution in [0.25, 0.3) is 0 Å². The third-order valence-electron chi connectivity index (χ3n) is 5.42. The Labute approximate surface area is 170 Å². The summed E-state index contributed by atoms with van der Waals surface area (Å²) in [7, 11) is -3.63. The summed E-state index contributed by atoms with van der Waals surface area (Å²) in [5.74, 6) is 0.576. The zero-order valence-electron chi connectivity index (χ0n) is 17.8. The van der Waals surface area contributed by atoms with Gasteiger partial charge in [-0.1, -0.05) is 24.6 Å². The Kier molecular flexibility index (Phi) is 8.04. The molecule has 0 saturated carbocycles. The van der Waals surface area contributed by atoms with E-state index in [4.69, 9.17) is 0 Å². The van der Waals surface area contributed by atoms with Gasteiger partial charge in [0.15, 0.2) is 0 Å². The highest BCUT2D eigenvalue weighted by molar-refractivity contribution is 7.89. The first-order valence-corrected chi connectivity index (χ1v) is 11.7. The van der Waals surface area contributed by atoms with Gasteiger partial charge in [0, 0.05) is 32.1 Å². The van der Waals surface area contributed by atoms with Crippen LogP contribution >= 0.6 is 0 Å². The van der Waals surface area contributed by atoms with E-state index in [0.717, 1.165) is 29.8 Å². The van der Waals surface area contributed by atoms with Gasteiger partial charge in [-0.2, -0.15) is 0 Å². The fourth-order valence-electron chi connectivity index (χ4n) is 4.07. The number of aryl methyl sites for hydroxylation is 3. The average Bonchev–Trinajstić information content (AvgIpc) is 2.58. The molecule has 0 bridgehead atoms. The van der Waals surface area contributed by atoms with Gasteiger partial charge in [0.1, 0.15) is 0 Å². The number of piperidine rings is 1. The number of hydrogen-bond donors (Lipinski definition) is 2. The molecule has 0 aromatic heterocycles. The predicted octanol–water partition coefficient (Wildman–Crippen LogP) is 2.52. The van der Waals surface area contributed by atoms with Crippen molar-refractivity contribution in [3.05, 3.63) is 28.8 Å². The number of rotatable bonds is 8. The van der Waals surface area contributed by atoms with Gasteiger partial charge in [-0.25, -0.2) is 13.1 Å². The van der Waals surface area contributed by atoms with Gasteiger partial charge in [-0.15, -0.1) is 0 Å². The molecule has 1 fully saturated rings. The van der Waals surface area contributed by atoms with Gasteiger partial charge in [0.05, 0.1) is 4.90 Å². The molecule has 28 heavy (non-hydrogen) atoms. The molecule has 0 aliphatic carbocycles. The Morgan fingerprint density at radius 1 is 1.25 bits per heavy atom. The van der Waals surface area contributed by atoms with E-state index in [0.29, 0.717) is 23.4 Å². The molecule has 0 spiro atoms. The minimum Gasteiger partial charge on any atom is -0.355 e. The van der Waals surface area contributed by atoms with Crippen molar-refractivity contribution in [3.8, 4) is 0 Å².